The Morgan fingerprint density at radius 2 is 1.96 bits per heavy atom. The van der Waals surface area contributed by atoms with Crippen molar-refractivity contribution in [3.8, 4) is 17.0 Å². The van der Waals surface area contributed by atoms with Crippen molar-refractivity contribution in [3.05, 3.63) is 66.1 Å². The number of pyridine rings is 1. The predicted octanol–water partition coefficient (Wildman–Crippen LogP) is 4.25. The molecule has 1 aliphatic carbocycles. The highest BCUT2D eigenvalue weighted by atomic mass is 32.2. The summed E-state index contributed by atoms with van der Waals surface area (Å²) in [5, 5.41) is 7.84. The molecule has 5 atom stereocenters. The normalized spacial score (nSPS) is 23.8. The van der Waals surface area contributed by atoms with Crippen LogP contribution in [-0.2, 0) is 19.3 Å². The lowest BCUT2D eigenvalue weighted by molar-refractivity contribution is -0.0152. The molecule has 2 aliphatic rings. The predicted molar refractivity (Wildman–Crippen MR) is 164 cm³/mol. The van der Waals surface area contributed by atoms with Crippen LogP contribution in [0.25, 0.3) is 16.8 Å². The zero-order valence-corrected chi connectivity index (χ0v) is 25.8. The van der Waals surface area contributed by atoms with Gasteiger partial charge in [-0.05, 0) is 48.4 Å². The highest BCUT2D eigenvalue weighted by Crippen LogP contribution is 2.40. The first-order chi connectivity index (χ1) is 21.6. The van der Waals surface area contributed by atoms with Crippen molar-refractivity contribution >= 4 is 27.0 Å². The second kappa shape index (κ2) is 12.9. The van der Waals surface area contributed by atoms with Crippen molar-refractivity contribution in [1.29, 1.82) is 0 Å². The third-order valence-corrected chi connectivity index (χ3v) is 9.26. The van der Waals surface area contributed by atoms with Crippen molar-refractivity contribution in [2.75, 3.05) is 37.1 Å². The third kappa shape index (κ3) is 7.08. The van der Waals surface area contributed by atoms with Crippen molar-refractivity contribution < 1.29 is 31.4 Å². The molecule has 6 rings (SSSR count). The van der Waals surface area contributed by atoms with E-state index in [1.807, 2.05) is 6.07 Å². The van der Waals surface area contributed by atoms with Gasteiger partial charge in [0.05, 0.1) is 66.5 Å². The average Bonchev–Trinajstić information content (AvgIpc) is 3.64. The number of rotatable bonds is 10. The fraction of sp³-hybridized carbons (Fsp3) is 0.452. The molecule has 1 saturated heterocycles. The highest BCUT2D eigenvalue weighted by molar-refractivity contribution is 7.90. The van der Waals surface area contributed by atoms with E-state index >= 15 is 8.78 Å². The number of nitrogens with two attached hydrogens (primary N) is 1. The van der Waals surface area contributed by atoms with E-state index in [4.69, 9.17) is 19.9 Å². The number of sulfone groups is 1. The van der Waals surface area contributed by atoms with Crippen molar-refractivity contribution in [2.24, 2.45) is 11.7 Å². The number of imidazole rings is 1. The van der Waals surface area contributed by atoms with E-state index in [9.17, 15) is 8.42 Å². The van der Waals surface area contributed by atoms with E-state index in [1.165, 1.54) is 10.8 Å². The molecule has 4 heterocycles. The van der Waals surface area contributed by atoms with Crippen LogP contribution >= 0.6 is 0 Å². The molecule has 3 aromatic heterocycles. The number of halogens is 2. The van der Waals surface area contributed by atoms with E-state index in [2.05, 4.69) is 27.3 Å². The molecule has 3 N–H and O–H groups in total. The fourth-order valence-corrected chi connectivity index (χ4v) is 6.59. The average molecular weight is 643 g/mol. The van der Waals surface area contributed by atoms with Crippen LogP contribution in [0.5, 0.6) is 5.75 Å². The molecule has 45 heavy (non-hydrogen) atoms. The Labute approximate surface area is 260 Å². The molecule has 240 valence electrons. The Morgan fingerprint density at radius 1 is 1.16 bits per heavy atom. The Kier molecular flexibility index (Phi) is 9.00. The summed E-state index contributed by atoms with van der Waals surface area (Å²) < 4.78 is 71.9. The summed E-state index contributed by atoms with van der Waals surface area (Å²) in [6.45, 7) is 3.10. The first-order valence-corrected chi connectivity index (χ1v) is 17.0. The number of anilines is 2. The van der Waals surface area contributed by atoms with E-state index in [0.29, 0.717) is 43.2 Å². The molecule has 4 aromatic rings. The maximum atomic E-state index is 15.2. The molecular formula is C31H36F2N6O5S. The van der Waals surface area contributed by atoms with Gasteiger partial charge in [-0.2, -0.15) is 9.61 Å². The van der Waals surface area contributed by atoms with Gasteiger partial charge in [-0.25, -0.2) is 22.2 Å². The molecule has 1 aliphatic heterocycles. The highest BCUT2D eigenvalue weighted by Gasteiger charge is 2.36. The van der Waals surface area contributed by atoms with Gasteiger partial charge in [-0.15, -0.1) is 0 Å². The first-order valence-electron chi connectivity index (χ1n) is 14.9. The molecule has 0 bridgehead atoms. The summed E-state index contributed by atoms with van der Waals surface area (Å²) in [6, 6.07) is 7.20. The summed E-state index contributed by atoms with van der Waals surface area (Å²) in [7, 11) is -3.13. The number of hydrogen-bond donors (Lipinski definition) is 2. The van der Waals surface area contributed by atoms with Crippen LogP contribution in [0.2, 0.25) is 0 Å². The summed E-state index contributed by atoms with van der Waals surface area (Å²) in [5.74, 6) is -1.02. The van der Waals surface area contributed by atoms with Crippen molar-refractivity contribution in [2.45, 2.75) is 50.4 Å². The van der Waals surface area contributed by atoms with Crippen LogP contribution in [0, 0.1) is 17.6 Å². The fourth-order valence-electron chi connectivity index (χ4n) is 6.19. The quantitative estimate of drug-likeness (QED) is 0.258. The zero-order chi connectivity index (χ0) is 31.7. The summed E-state index contributed by atoms with van der Waals surface area (Å²) in [5.41, 5.74) is 8.67. The van der Waals surface area contributed by atoms with E-state index < -0.39 is 21.5 Å². The van der Waals surface area contributed by atoms with Crippen molar-refractivity contribution in [1.82, 2.24) is 19.6 Å². The Morgan fingerprint density at radius 3 is 2.67 bits per heavy atom. The van der Waals surface area contributed by atoms with E-state index in [-0.39, 0.29) is 59.5 Å². The molecule has 11 nitrogen and oxygen atoms in total. The van der Waals surface area contributed by atoms with Gasteiger partial charge in [-0.1, -0.05) is 6.92 Å². The SMILES string of the molecule is C[C@H]1C[C@@H](c2ccncc2Nc2ncc3ccc(-c4c(F)cc(OC5CCOC5)cc4F)nn23)C[C@@H](N)[C@H]1OCCS(C)(=O)=O. The molecule has 1 unspecified atom stereocenters. The Hall–Kier alpha value is -3.72. The molecule has 1 saturated carbocycles. The number of hydrogen-bond acceptors (Lipinski definition) is 10. The summed E-state index contributed by atoms with van der Waals surface area (Å²) in [6.07, 6.45) is 7.77. The van der Waals surface area contributed by atoms with Crippen LogP contribution in [-0.4, -0.2) is 78.1 Å². The molecule has 0 amide bonds. The maximum Gasteiger partial charge on any atom is 0.229 e. The van der Waals surface area contributed by atoms with Gasteiger partial charge in [0.25, 0.3) is 0 Å². The number of fused-ring (bicyclic) bond motifs is 1. The second-order valence-corrected chi connectivity index (χ2v) is 14.1. The van der Waals surface area contributed by atoms with Crippen LogP contribution < -0.4 is 15.8 Å². The minimum Gasteiger partial charge on any atom is -0.488 e. The van der Waals surface area contributed by atoms with Gasteiger partial charge in [0.2, 0.25) is 5.95 Å². The van der Waals surface area contributed by atoms with Gasteiger partial charge in [0, 0.05) is 37.0 Å². The Balaban J connectivity index is 1.22. The molecule has 0 radical (unpaired) electrons. The summed E-state index contributed by atoms with van der Waals surface area (Å²) >= 11 is 0. The second-order valence-electron chi connectivity index (χ2n) is 11.9. The number of nitrogens with zero attached hydrogens (tertiary/aromatic N) is 4. The van der Waals surface area contributed by atoms with Gasteiger partial charge >= 0.3 is 0 Å². The number of aromatic nitrogens is 4. The van der Waals surface area contributed by atoms with Gasteiger partial charge in [0.1, 0.15) is 33.3 Å². The maximum absolute atomic E-state index is 15.2. The molecule has 0 spiro atoms. The standard InChI is InChI=1S/C31H36F2N6O5S/c1-18-11-19(12-26(34)30(18)43-9-10-45(2,40)41)23-5-7-35-16-28(23)37-31-36-15-20-3-4-27(38-39(20)31)29-24(32)13-22(14-25(29)33)44-21-6-8-42-17-21/h3-5,7,13-16,18-19,21,26,30H,6,8-12,17,34H2,1-2H3,(H,36,37)/t18-,19+,21?,26+,30-/m0/s1. The minimum absolute atomic E-state index is 0.0475. The monoisotopic (exact) mass is 642 g/mol. The van der Waals surface area contributed by atoms with Gasteiger partial charge in [0.15, 0.2) is 0 Å². The number of nitrogens with one attached hydrogen (secondary N) is 1. The van der Waals surface area contributed by atoms with Crippen molar-refractivity contribution in [3.63, 3.8) is 0 Å². The largest absolute Gasteiger partial charge is 0.488 e. The van der Waals surface area contributed by atoms with Crippen LogP contribution in [0.3, 0.4) is 0 Å². The summed E-state index contributed by atoms with van der Waals surface area (Å²) in [4.78, 5) is 8.77. The van der Waals surface area contributed by atoms with Crippen LogP contribution in [0.1, 0.15) is 37.7 Å². The Bertz CT molecular complexity index is 1750. The van der Waals surface area contributed by atoms with Gasteiger partial charge < -0.3 is 25.3 Å². The smallest absolute Gasteiger partial charge is 0.229 e. The molecule has 1 aromatic carbocycles. The van der Waals surface area contributed by atoms with E-state index in [1.54, 1.807) is 30.7 Å². The first kappa shape index (κ1) is 31.3. The lowest BCUT2D eigenvalue weighted by Gasteiger charge is -2.39. The molecule has 2 fully saturated rings. The zero-order valence-electron chi connectivity index (χ0n) is 25.0. The number of ether oxygens (including phenoxy) is 3. The third-order valence-electron chi connectivity index (χ3n) is 8.35. The topological polar surface area (TPSA) is 143 Å². The van der Waals surface area contributed by atoms with Crippen LogP contribution in [0.4, 0.5) is 20.4 Å². The molecular weight excluding hydrogens is 606 g/mol. The van der Waals surface area contributed by atoms with E-state index in [0.717, 1.165) is 24.1 Å². The molecule has 14 heteroatoms. The minimum atomic E-state index is -3.13. The lowest BCUT2D eigenvalue weighted by atomic mass is 9.74. The number of benzene rings is 1. The lowest BCUT2D eigenvalue weighted by Crippen LogP contribution is -2.47. The van der Waals surface area contributed by atoms with Gasteiger partial charge in [-0.3, -0.25) is 4.98 Å². The van der Waals surface area contributed by atoms with Crippen LogP contribution in [0.15, 0.2) is 48.9 Å².